The largest absolute Gasteiger partial charge is 0.381 e. The average molecular weight is 310 g/mol. The Morgan fingerprint density at radius 3 is 2.70 bits per heavy atom. The van der Waals surface area contributed by atoms with Crippen LogP contribution in [0.2, 0.25) is 0 Å². The number of hydrogen-bond acceptors (Lipinski definition) is 2. The van der Waals surface area contributed by atoms with Crippen LogP contribution in [0.4, 0.5) is 5.69 Å². The molecule has 0 heterocycles. The molecule has 23 heavy (non-hydrogen) atoms. The molecule has 1 aromatic carbocycles. The van der Waals surface area contributed by atoms with E-state index in [9.17, 15) is 0 Å². The predicted octanol–water partition coefficient (Wildman–Crippen LogP) is 5.49. The van der Waals surface area contributed by atoms with Gasteiger partial charge in [-0.3, -0.25) is 0 Å². The van der Waals surface area contributed by atoms with Gasteiger partial charge in [0.2, 0.25) is 0 Å². The smallest absolute Gasteiger partial charge is 0.0366 e. The van der Waals surface area contributed by atoms with Gasteiger partial charge in [-0.05, 0) is 60.6 Å². The van der Waals surface area contributed by atoms with Gasteiger partial charge in [0, 0.05) is 17.9 Å². The first-order valence-electron chi connectivity index (χ1n) is 8.56. The topological polar surface area (TPSA) is 24.1 Å². The molecule has 1 aliphatic rings. The van der Waals surface area contributed by atoms with Gasteiger partial charge in [0.15, 0.2) is 0 Å². The third-order valence-corrected chi connectivity index (χ3v) is 4.65. The van der Waals surface area contributed by atoms with Crippen LogP contribution < -0.4 is 10.6 Å². The lowest BCUT2D eigenvalue weighted by molar-refractivity contribution is 0.199. The second-order valence-corrected chi connectivity index (χ2v) is 7.27. The number of rotatable bonds is 7. The fourth-order valence-electron chi connectivity index (χ4n) is 3.48. The summed E-state index contributed by atoms with van der Waals surface area (Å²) in [5.41, 5.74) is 3.94. The Morgan fingerprint density at radius 2 is 2.04 bits per heavy atom. The van der Waals surface area contributed by atoms with Gasteiger partial charge >= 0.3 is 0 Å². The van der Waals surface area contributed by atoms with Crippen molar-refractivity contribution in [1.29, 1.82) is 0 Å². The summed E-state index contributed by atoms with van der Waals surface area (Å²) >= 11 is 0. The van der Waals surface area contributed by atoms with Crippen molar-refractivity contribution in [2.75, 3.05) is 11.9 Å². The van der Waals surface area contributed by atoms with E-state index in [4.69, 9.17) is 0 Å². The van der Waals surface area contributed by atoms with Crippen molar-refractivity contribution in [2.45, 2.75) is 39.5 Å². The lowest BCUT2D eigenvalue weighted by atomic mass is 9.70. The molecule has 1 aliphatic carbocycles. The number of benzene rings is 1. The first kappa shape index (κ1) is 17.4. The molecule has 0 aromatic heterocycles. The van der Waals surface area contributed by atoms with Gasteiger partial charge in [-0.1, -0.05) is 51.6 Å². The Hall–Kier alpha value is -1.96. The van der Waals surface area contributed by atoms with Crippen molar-refractivity contribution in [2.24, 2.45) is 11.3 Å². The molecule has 2 heteroatoms. The summed E-state index contributed by atoms with van der Waals surface area (Å²) in [6, 6.07) is 10.4. The van der Waals surface area contributed by atoms with Gasteiger partial charge < -0.3 is 10.6 Å². The maximum Gasteiger partial charge on any atom is 0.0366 e. The lowest BCUT2D eigenvalue weighted by Crippen LogP contribution is -2.26. The van der Waals surface area contributed by atoms with Gasteiger partial charge in [-0.15, -0.1) is 0 Å². The van der Waals surface area contributed by atoms with E-state index in [1.165, 1.54) is 31.3 Å². The van der Waals surface area contributed by atoms with Crippen LogP contribution in [0.5, 0.6) is 0 Å². The summed E-state index contributed by atoms with van der Waals surface area (Å²) in [7, 11) is 0. The molecule has 0 bridgehead atoms. The summed E-state index contributed by atoms with van der Waals surface area (Å²) < 4.78 is 0. The van der Waals surface area contributed by atoms with E-state index in [0.29, 0.717) is 11.3 Å². The highest BCUT2D eigenvalue weighted by Gasteiger charge is 2.29. The summed E-state index contributed by atoms with van der Waals surface area (Å²) in [5, 5.41) is 6.65. The van der Waals surface area contributed by atoms with Crippen LogP contribution in [0.15, 0.2) is 67.0 Å². The van der Waals surface area contributed by atoms with Crippen molar-refractivity contribution in [3.8, 4) is 0 Å². The fourth-order valence-corrected chi connectivity index (χ4v) is 3.48. The molecule has 0 radical (unpaired) electrons. The molecule has 124 valence electrons. The first-order valence-corrected chi connectivity index (χ1v) is 8.56. The first-order chi connectivity index (χ1) is 11.0. The van der Waals surface area contributed by atoms with Crippen molar-refractivity contribution >= 4 is 5.69 Å². The van der Waals surface area contributed by atoms with E-state index in [1.807, 2.05) is 6.07 Å². The van der Waals surface area contributed by atoms with E-state index in [1.54, 1.807) is 6.20 Å². The molecule has 1 fully saturated rings. The normalized spacial score (nSPS) is 20.6. The summed E-state index contributed by atoms with van der Waals surface area (Å²) in [4.78, 5) is 0. The van der Waals surface area contributed by atoms with E-state index in [0.717, 1.165) is 17.9 Å². The zero-order valence-electron chi connectivity index (χ0n) is 14.6. The number of allylic oxidation sites excluding steroid dienone is 1. The molecule has 2 rings (SSSR count). The minimum atomic E-state index is 0.432. The number of hydrogen-bond donors (Lipinski definition) is 2. The molecule has 2 nitrogen and oxygen atoms in total. The minimum absolute atomic E-state index is 0.432. The van der Waals surface area contributed by atoms with E-state index in [-0.39, 0.29) is 0 Å². The van der Waals surface area contributed by atoms with Crippen LogP contribution in [0, 0.1) is 11.3 Å². The van der Waals surface area contributed by atoms with Crippen LogP contribution in [0.1, 0.15) is 39.5 Å². The van der Waals surface area contributed by atoms with Crippen LogP contribution >= 0.6 is 0 Å². The zero-order valence-corrected chi connectivity index (χ0v) is 14.6. The molecular weight excluding hydrogens is 280 g/mol. The Bertz CT molecular complexity index is 554. The number of anilines is 1. The molecule has 0 amide bonds. The second-order valence-electron chi connectivity index (χ2n) is 7.27. The highest BCUT2D eigenvalue weighted by molar-refractivity contribution is 5.44. The van der Waals surface area contributed by atoms with Gasteiger partial charge in [0.05, 0.1) is 0 Å². The quantitative estimate of drug-likeness (QED) is 0.651. The summed E-state index contributed by atoms with van der Waals surface area (Å²) in [6.07, 6.45) is 9.04. The molecule has 1 saturated carbocycles. The van der Waals surface area contributed by atoms with Gasteiger partial charge in [-0.25, -0.2) is 0 Å². The number of para-hydroxylation sites is 1. The van der Waals surface area contributed by atoms with Gasteiger partial charge in [0.25, 0.3) is 0 Å². The monoisotopic (exact) mass is 310 g/mol. The van der Waals surface area contributed by atoms with E-state index < -0.39 is 0 Å². The maximum absolute atomic E-state index is 4.08. The zero-order chi connectivity index (χ0) is 16.7. The molecule has 1 aromatic rings. The Balaban J connectivity index is 2.11. The van der Waals surface area contributed by atoms with Crippen molar-refractivity contribution < 1.29 is 0 Å². The second kappa shape index (κ2) is 8.05. The standard InChI is InChI=1S/C21H30N2/c1-5-22-17(2)14-19(16-23-20-11-7-6-8-12-20)18-10-9-13-21(3,4)15-18/h5-8,11-12,14,18,22-23H,1-2,9-10,13,15-16H2,3-4H3/b19-14+. The highest BCUT2D eigenvalue weighted by Crippen LogP contribution is 2.41. The average Bonchev–Trinajstić information content (AvgIpc) is 2.51. The van der Waals surface area contributed by atoms with Crippen molar-refractivity contribution in [3.63, 3.8) is 0 Å². The van der Waals surface area contributed by atoms with Crippen molar-refractivity contribution in [3.05, 3.63) is 67.0 Å². The molecule has 2 N–H and O–H groups in total. The van der Waals surface area contributed by atoms with Gasteiger partial charge in [0.1, 0.15) is 0 Å². The molecule has 0 spiro atoms. The highest BCUT2D eigenvalue weighted by atomic mass is 14.9. The molecule has 1 atom stereocenters. The molecule has 0 aliphatic heterocycles. The third kappa shape index (κ3) is 5.63. The number of nitrogens with one attached hydrogen (secondary N) is 2. The van der Waals surface area contributed by atoms with Crippen LogP contribution in [-0.2, 0) is 0 Å². The third-order valence-electron chi connectivity index (χ3n) is 4.65. The Labute approximate surface area is 141 Å². The van der Waals surface area contributed by atoms with E-state index in [2.05, 4.69) is 68.0 Å². The fraction of sp³-hybridized carbons (Fsp3) is 0.429. The Kier molecular flexibility index (Phi) is 6.09. The van der Waals surface area contributed by atoms with E-state index >= 15 is 0 Å². The summed E-state index contributed by atoms with van der Waals surface area (Å²) in [5.74, 6) is 0.623. The molecule has 0 saturated heterocycles. The lowest BCUT2D eigenvalue weighted by Gasteiger charge is -2.36. The summed E-state index contributed by atoms with van der Waals surface area (Å²) in [6.45, 7) is 13.4. The predicted molar refractivity (Wildman–Crippen MR) is 101 cm³/mol. The van der Waals surface area contributed by atoms with Crippen LogP contribution in [-0.4, -0.2) is 6.54 Å². The Morgan fingerprint density at radius 1 is 1.30 bits per heavy atom. The van der Waals surface area contributed by atoms with Crippen LogP contribution in [0.3, 0.4) is 0 Å². The molecule has 1 unspecified atom stereocenters. The molecular formula is C21H30N2. The van der Waals surface area contributed by atoms with Gasteiger partial charge in [-0.2, -0.15) is 0 Å². The van der Waals surface area contributed by atoms with Crippen molar-refractivity contribution in [1.82, 2.24) is 5.32 Å². The maximum atomic E-state index is 4.08. The minimum Gasteiger partial charge on any atom is -0.381 e. The SMILES string of the molecule is C=CNC(=C)/C=C(\CNc1ccccc1)C1CCCC(C)(C)C1. The van der Waals surface area contributed by atoms with Crippen LogP contribution in [0.25, 0.3) is 0 Å².